The number of nitrogens with zero attached hydrogens (tertiary/aromatic N) is 1. The third-order valence-corrected chi connectivity index (χ3v) is 8.97. The van der Waals surface area contributed by atoms with E-state index in [1.165, 1.54) is 77.0 Å². The maximum Gasteiger partial charge on any atom is 0.328 e. The van der Waals surface area contributed by atoms with Gasteiger partial charge in [0.2, 0.25) is 11.8 Å². The van der Waals surface area contributed by atoms with Crippen molar-refractivity contribution in [2.75, 3.05) is 40.3 Å². The van der Waals surface area contributed by atoms with Gasteiger partial charge in [0.15, 0.2) is 0 Å². The molecule has 0 aromatic heterocycles. The van der Waals surface area contributed by atoms with Crippen molar-refractivity contribution in [1.29, 1.82) is 0 Å². The van der Waals surface area contributed by atoms with E-state index in [1.54, 1.807) is 6.92 Å². The minimum atomic E-state index is -0.957. The van der Waals surface area contributed by atoms with Gasteiger partial charge in [-0.2, -0.15) is 0 Å². The van der Waals surface area contributed by atoms with Crippen molar-refractivity contribution in [3.63, 3.8) is 0 Å². The van der Waals surface area contributed by atoms with Crippen molar-refractivity contribution in [2.45, 2.75) is 180 Å². The third-order valence-electron chi connectivity index (χ3n) is 8.97. The smallest absolute Gasteiger partial charge is 0.328 e. The summed E-state index contributed by atoms with van der Waals surface area (Å²) < 4.78 is 6.13. The van der Waals surface area contributed by atoms with E-state index in [0.29, 0.717) is 32.2 Å². The van der Waals surface area contributed by atoms with Crippen LogP contribution >= 0.6 is 0 Å². The van der Waals surface area contributed by atoms with Gasteiger partial charge in [-0.1, -0.05) is 90.4 Å². The second-order valence-electron chi connectivity index (χ2n) is 14.1. The van der Waals surface area contributed by atoms with Crippen molar-refractivity contribution < 1.29 is 33.5 Å². The zero-order chi connectivity index (χ0) is 35.0. The highest BCUT2D eigenvalue weighted by molar-refractivity contribution is 5.84. The topological polar surface area (TPSA) is 125 Å². The summed E-state index contributed by atoms with van der Waals surface area (Å²) in [5.41, 5.74) is 0. The van der Waals surface area contributed by atoms with Crippen LogP contribution in [0.5, 0.6) is 0 Å². The molecule has 0 spiro atoms. The van der Waals surface area contributed by atoms with E-state index >= 15 is 0 Å². The quantitative estimate of drug-likeness (QED) is 0.0445. The number of carbonyl (C=O) groups is 4. The maximum atomic E-state index is 12.6. The van der Waals surface area contributed by atoms with Crippen LogP contribution < -0.4 is 15.7 Å². The van der Waals surface area contributed by atoms with Gasteiger partial charge in [0.25, 0.3) is 0 Å². The highest BCUT2D eigenvalue weighted by atomic mass is 16.5. The predicted octanol–water partition coefficient (Wildman–Crippen LogP) is 6.75. The molecule has 0 heterocycles. The van der Waals surface area contributed by atoms with Gasteiger partial charge in [0.05, 0.1) is 33.8 Å². The minimum Gasteiger partial charge on any atom is -0.550 e. The summed E-state index contributed by atoms with van der Waals surface area (Å²) in [5.74, 6) is -1.34. The van der Waals surface area contributed by atoms with Gasteiger partial charge in [0, 0.05) is 25.4 Å². The van der Waals surface area contributed by atoms with Crippen molar-refractivity contribution in [3.8, 4) is 0 Å². The fourth-order valence-corrected chi connectivity index (χ4v) is 5.95. The number of esters is 1. The van der Waals surface area contributed by atoms with Gasteiger partial charge in [-0.05, 0) is 71.1 Å². The lowest BCUT2D eigenvalue weighted by Crippen LogP contribution is -2.41. The van der Waals surface area contributed by atoms with Crippen LogP contribution in [0.3, 0.4) is 0 Å². The minimum absolute atomic E-state index is 0.0994. The highest BCUT2D eigenvalue weighted by Gasteiger charge is 2.21. The zero-order valence-electron chi connectivity index (χ0n) is 31.0. The highest BCUT2D eigenvalue weighted by Crippen LogP contribution is 2.13. The van der Waals surface area contributed by atoms with Crippen molar-refractivity contribution >= 4 is 23.8 Å². The Morgan fingerprint density at radius 3 is 1.60 bits per heavy atom. The predicted molar refractivity (Wildman–Crippen MR) is 190 cm³/mol. The first-order valence-electron chi connectivity index (χ1n) is 19.4. The maximum absolute atomic E-state index is 12.6. The van der Waals surface area contributed by atoms with Gasteiger partial charge in [-0.25, -0.2) is 4.79 Å². The SMILES string of the molecule is CCCCCCCCCCCC(=O)NCCCCC(NC(=O)CCCCCCCCCC[N+](C)(C)CCCCC(=O)[O-])C(=O)OCC. The summed E-state index contributed by atoms with van der Waals surface area (Å²) in [7, 11) is 4.43. The average Bonchev–Trinajstić information content (AvgIpc) is 3.02. The zero-order valence-corrected chi connectivity index (χ0v) is 31.0. The van der Waals surface area contributed by atoms with Crippen LogP contribution in [0.4, 0.5) is 0 Å². The van der Waals surface area contributed by atoms with E-state index in [2.05, 4.69) is 31.7 Å². The Labute approximate surface area is 288 Å². The summed E-state index contributed by atoms with van der Waals surface area (Å²) in [4.78, 5) is 47.7. The molecule has 47 heavy (non-hydrogen) atoms. The molecule has 0 rings (SSSR count). The number of ether oxygens (including phenoxy) is 1. The second-order valence-corrected chi connectivity index (χ2v) is 14.1. The Bertz CT molecular complexity index is 804. The molecule has 2 N–H and O–H groups in total. The summed E-state index contributed by atoms with van der Waals surface area (Å²) in [5, 5.41) is 16.4. The molecule has 0 aromatic rings. The summed E-state index contributed by atoms with van der Waals surface area (Å²) in [6.45, 7) is 6.99. The van der Waals surface area contributed by atoms with Gasteiger partial charge in [-0.3, -0.25) is 9.59 Å². The molecule has 0 aromatic carbocycles. The fourth-order valence-electron chi connectivity index (χ4n) is 5.95. The molecule has 0 saturated heterocycles. The molecule has 1 atom stereocenters. The number of unbranched alkanes of at least 4 members (excludes halogenated alkanes) is 17. The number of carboxylic acids is 1. The molecule has 9 heteroatoms. The third kappa shape index (κ3) is 30.9. The number of quaternary nitrogens is 1. The first kappa shape index (κ1) is 44.8. The van der Waals surface area contributed by atoms with E-state index in [-0.39, 0.29) is 30.8 Å². The van der Waals surface area contributed by atoms with Gasteiger partial charge in [0.1, 0.15) is 6.04 Å². The Kier molecular flexibility index (Phi) is 29.7. The number of hydrogen-bond acceptors (Lipinski definition) is 6. The molecule has 276 valence electrons. The molecule has 0 bridgehead atoms. The molecule has 0 aliphatic heterocycles. The lowest BCUT2D eigenvalue weighted by molar-refractivity contribution is -0.890. The molecule has 1 unspecified atom stereocenters. The monoisotopic (exact) mass is 668 g/mol. The Morgan fingerprint density at radius 1 is 0.596 bits per heavy atom. The number of hydrogen-bond donors (Lipinski definition) is 2. The Hall–Kier alpha value is -2.16. The van der Waals surface area contributed by atoms with Gasteiger partial charge in [-0.15, -0.1) is 0 Å². The van der Waals surface area contributed by atoms with Crippen molar-refractivity contribution in [1.82, 2.24) is 10.6 Å². The standard InChI is InChI=1S/C38H73N3O6/c1-5-7-8-9-10-11-14-17-20-28-35(42)39-31-24-22-27-34(38(46)47-6-2)40-36(43)29-21-18-15-12-13-16-19-25-32-41(3,4)33-26-23-30-37(44)45/h34H,5-33H2,1-4H3,(H2-,39,40,42,43,44,45). The van der Waals surface area contributed by atoms with E-state index < -0.39 is 12.0 Å². The van der Waals surface area contributed by atoms with E-state index in [1.807, 2.05) is 0 Å². The lowest BCUT2D eigenvalue weighted by Gasteiger charge is -2.30. The van der Waals surface area contributed by atoms with Crippen LogP contribution in [-0.4, -0.2) is 74.6 Å². The molecule has 0 radical (unpaired) electrons. The average molecular weight is 668 g/mol. The summed E-state index contributed by atoms with van der Waals surface area (Å²) in [6.07, 6.45) is 24.8. The van der Waals surface area contributed by atoms with E-state index in [0.717, 1.165) is 68.9 Å². The van der Waals surface area contributed by atoms with Crippen molar-refractivity contribution in [2.24, 2.45) is 0 Å². The second kappa shape index (κ2) is 31.1. The van der Waals surface area contributed by atoms with Crippen LogP contribution in [0.25, 0.3) is 0 Å². The number of carboxylic acid groups (broad SMARTS) is 1. The molecule has 2 amide bonds. The lowest BCUT2D eigenvalue weighted by atomic mass is 10.1. The van der Waals surface area contributed by atoms with Crippen LogP contribution in [0, 0.1) is 0 Å². The molecule has 0 saturated carbocycles. The molecule has 0 aliphatic carbocycles. The van der Waals surface area contributed by atoms with Gasteiger partial charge >= 0.3 is 5.97 Å². The number of nitrogens with one attached hydrogen (secondary N) is 2. The van der Waals surface area contributed by atoms with E-state index in [9.17, 15) is 24.3 Å². The molecule has 0 fully saturated rings. The fraction of sp³-hybridized carbons (Fsp3) is 0.895. The van der Waals surface area contributed by atoms with Crippen LogP contribution in [0.2, 0.25) is 0 Å². The summed E-state index contributed by atoms with van der Waals surface area (Å²) in [6, 6.07) is -0.634. The Balaban J connectivity index is 3.93. The molecule has 9 nitrogen and oxygen atoms in total. The normalized spacial score (nSPS) is 12.1. The number of aliphatic carboxylic acids is 1. The van der Waals surface area contributed by atoms with Crippen LogP contribution in [0.15, 0.2) is 0 Å². The Morgan fingerprint density at radius 2 is 1.06 bits per heavy atom. The first-order chi connectivity index (χ1) is 22.6. The molecular weight excluding hydrogens is 594 g/mol. The van der Waals surface area contributed by atoms with Crippen molar-refractivity contribution in [3.05, 3.63) is 0 Å². The largest absolute Gasteiger partial charge is 0.550 e. The van der Waals surface area contributed by atoms with Crippen LogP contribution in [0.1, 0.15) is 174 Å². The molecule has 0 aliphatic rings. The summed E-state index contributed by atoms with van der Waals surface area (Å²) >= 11 is 0. The van der Waals surface area contributed by atoms with E-state index in [4.69, 9.17) is 4.74 Å². The molecular formula is C38H73N3O6. The number of rotatable bonds is 34. The number of amides is 2. The number of carbonyl (C=O) groups excluding carboxylic acids is 4. The van der Waals surface area contributed by atoms with Gasteiger partial charge < -0.3 is 29.8 Å². The first-order valence-corrected chi connectivity index (χ1v) is 19.4. The van der Waals surface area contributed by atoms with Crippen LogP contribution in [-0.2, 0) is 23.9 Å².